The fourth-order valence-electron chi connectivity index (χ4n) is 4.83. The molecule has 2 aliphatic rings. The molecule has 2 rings (SSSR count). The lowest BCUT2D eigenvalue weighted by atomic mass is 9.98. The van der Waals surface area contributed by atoms with Crippen molar-refractivity contribution in [1.29, 1.82) is 0 Å². The number of rotatable bonds is 17. The van der Waals surface area contributed by atoms with E-state index in [9.17, 15) is 35.4 Å². The molecule has 35 heavy (non-hydrogen) atoms. The van der Waals surface area contributed by atoms with Gasteiger partial charge in [-0.2, -0.15) is 0 Å². The zero-order chi connectivity index (χ0) is 25.8. The van der Waals surface area contributed by atoms with Crippen LogP contribution in [0.2, 0.25) is 0 Å². The van der Waals surface area contributed by atoms with Crippen LogP contribution in [0.4, 0.5) is 0 Å². The van der Waals surface area contributed by atoms with Crippen LogP contribution in [-0.4, -0.2) is 116 Å². The van der Waals surface area contributed by atoms with E-state index in [4.69, 9.17) is 14.6 Å². The number of unbranched alkanes of at least 4 members (excludes halogenated alkanes) is 6. The Morgan fingerprint density at radius 1 is 0.714 bits per heavy atom. The lowest BCUT2D eigenvalue weighted by Crippen LogP contribution is -2.60. The van der Waals surface area contributed by atoms with Crippen molar-refractivity contribution in [3.8, 4) is 0 Å². The van der Waals surface area contributed by atoms with Crippen LogP contribution in [0, 0.1) is 0 Å². The molecule has 0 aliphatic carbocycles. The third-order valence-electron chi connectivity index (χ3n) is 6.99. The molecular formula is C24H45NO10. The first-order chi connectivity index (χ1) is 16.8. The highest BCUT2D eigenvalue weighted by Gasteiger charge is 2.49. The molecule has 0 aromatic carbocycles. The third-order valence-corrected chi connectivity index (χ3v) is 6.99. The summed E-state index contributed by atoms with van der Waals surface area (Å²) in [7, 11) is 0. The van der Waals surface area contributed by atoms with Gasteiger partial charge >= 0.3 is 0 Å². The summed E-state index contributed by atoms with van der Waals surface area (Å²) < 4.78 is 11.2. The summed E-state index contributed by atoms with van der Waals surface area (Å²) in [5.41, 5.74) is 0. The molecule has 11 nitrogen and oxygen atoms in total. The number of Topliss-reactive ketones (excluding diaryl/α,β-unsaturated/α-hetero) is 1. The quantitative estimate of drug-likeness (QED) is 0.109. The highest BCUT2D eigenvalue weighted by molar-refractivity contribution is 5.78. The topological polar surface area (TPSA) is 189 Å². The van der Waals surface area contributed by atoms with Crippen LogP contribution in [0.25, 0.3) is 0 Å². The number of aliphatic hydroxyl groups is 7. The van der Waals surface area contributed by atoms with Gasteiger partial charge in [-0.3, -0.25) is 4.79 Å². The standard InChI is InChI=1S/C24H45NO10/c26-12-8-10-15(29)9-6-4-2-1-3-5-7-11-16-23(19(30)17(13-27)25-16)35-24-22(33)21(32)20(31)18(14-28)34-24/h16-28,30-33H,1-14H2/t16?,17-,18-,19+,20-,21+,22-,23-,24+/m1/s1. The Morgan fingerprint density at radius 2 is 1.34 bits per heavy atom. The van der Waals surface area contributed by atoms with Gasteiger partial charge in [0.1, 0.15) is 36.3 Å². The number of carbonyl (C=O) groups is 1. The van der Waals surface area contributed by atoms with E-state index in [-0.39, 0.29) is 25.0 Å². The Morgan fingerprint density at radius 3 is 1.97 bits per heavy atom. The predicted octanol–water partition coefficient (Wildman–Crippen LogP) is -1.28. The van der Waals surface area contributed by atoms with Crippen molar-refractivity contribution in [2.75, 3.05) is 19.8 Å². The second-order valence-corrected chi connectivity index (χ2v) is 9.73. The molecule has 0 amide bonds. The maximum atomic E-state index is 11.6. The molecule has 0 aromatic rings. The predicted molar refractivity (Wildman–Crippen MR) is 125 cm³/mol. The Kier molecular flexibility index (Phi) is 14.1. The maximum absolute atomic E-state index is 11.6. The van der Waals surface area contributed by atoms with E-state index >= 15 is 0 Å². The molecular weight excluding hydrogens is 462 g/mol. The Bertz CT molecular complexity index is 595. The van der Waals surface area contributed by atoms with E-state index in [1.54, 1.807) is 0 Å². The van der Waals surface area contributed by atoms with Crippen molar-refractivity contribution < 1.29 is 50.0 Å². The number of nitrogens with one attached hydrogen (secondary N) is 1. The third kappa shape index (κ3) is 9.26. The summed E-state index contributed by atoms with van der Waals surface area (Å²) in [6, 6.07) is -0.908. The fraction of sp³-hybridized carbons (Fsp3) is 0.958. The second-order valence-electron chi connectivity index (χ2n) is 9.73. The molecule has 2 aliphatic heterocycles. The molecule has 0 aromatic heterocycles. The van der Waals surface area contributed by atoms with Crippen molar-refractivity contribution in [2.45, 2.75) is 126 Å². The van der Waals surface area contributed by atoms with Crippen LogP contribution in [0.15, 0.2) is 0 Å². The molecule has 2 heterocycles. The van der Waals surface area contributed by atoms with Crippen molar-refractivity contribution in [2.24, 2.45) is 0 Å². The van der Waals surface area contributed by atoms with E-state index in [2.05, 4.69) is 5.32 Å². The van der Waals surface area contributed by atoms with E-state index in [1.807, 2.05) is 0 Å². The largest absolute Gasteiger partial charge is 0.396 e. The summed E-state index contributed by atoms with van der Waals surface area (Å²) >= 11 is 0. The van der Waals surface area contributed by atoms with Crippen LogP contribution in [0.1, 0.15) is 70.6 Å². The Hall–Kier alpha value is -0.730. The molecule has 0 spiro atoms. The van der Waals surface area contributed by atoms with Gasteiger partial charge in [0.2, 0.25) is 0 Å². The SMILES string of the molecule is O=C(CCCO)CCCCCCCCCC1N[C@H](CO)[C@H](O)[C@@H]1O[C@@H]1O[C@H](CO)[C@@H](O)[C@H](O)[C@H]1O. The summed E-state index contributed by atoms with van der Waals surface area (Å²) in [5, 5.41) is 71.7. The Balaban J connectivity index is 1.71. The first-order valence-corrected chi connectivity index (χ1v) is 13.0. The fourth-order valence-corrected chi connectivity index (χ4v) is 4.83. The van der Waals surface area contributed by atoms with Gasteiger partial charge < -0.3 is 50.5 Å². The molecule has 0 radical (unpaired) electrons. The van der Waals surface area contributed by atoms with Crippen LogP contribution in [0.3, 0.4) is 0 Å². The van der Waals surface area contributed by atoms with Crippen LogP contribution < -0.4 is 5.32 Å². The Labute approximate surface area is 207 Å². The lowest BCUT2D eigenvalue weighted by molar-refractivity contribution is -0.316. The number of hydrogen-bond donors (Lipinski definition) is 8. The van der Waals surface area contributed by atoms with Gasteiger partial charge in [0, 0.05) is 25.5 Å². The molecule has 2 fully saturated rings. The number of hydrogen-bond acceptors (Lipinski definition) is 11. The zero-order valence-corrected chi connectivity index (χ0v) is 20.5. The average Bonchev–Trinajstić information content (AvgIpc) is 3.15. The number of ether oxygens (including phenoxy) is 2. The highest BCUT2D eigenvalue weighted by Crippen LogP contribution is 2.28. The first kappa shape index (κ1) is 30.5. The van der Waals surface area contributed by atoms with Gasteiger partial charge in [0.05, 0.1) is 25.4 Å². The van der Waals surface area contributed by atoms with Crippen LogP contribution in [0.5, 0.6) is 0 Å². The lowest BCUT2D eigenvalue weighted by Gasteiger charge is -2.41. The van der Waals surface area contributed by atoms with Crippen molar-refractivity contribution in [3.05, 3.63) is 0 Å². The molecule has 8 N–H and O–H groups in total. The van der Waals surface area contributed by atoms with Crippen LogP contribution in [-0.2, 0) is 14.3 Å². The summed E-state index contributed by atoms with van der Waals surface area (Å²) in [6.45, 7) is -0.809. The minimum absolute atomic E-state index is 0.0579. The van der Waals surface area contributed by atoms with Gasteiger partial charge in [-0.25, -0.2) is 0 Å². The van der Waals surface area contributed by atoms with E-state index in [0.29, 0.717) is 25.7 Å². The smallest absolute Gasteiger partial charge is 0.187 e. The normalized spacial score (nSPS) is 35.5. The monoisotopic (exact) mass is 507 g/mol. The van der Waals surface area contributed by atoms with Gasteiger partial charge in [-0.05, 0) is 19.3 Å². The summed E-state index contributed by atoms with van der Waals surface area (Å²) in [6.07, 6.45) is 0.195. The van der Waals surface area contributed by atoms with Crippen LogP contribution >= 0.6 is 0 Å². The summed E-state index contributed by atoms with van der Waals surface area (Å²) in [5.74, 6) is 0.215. The molecule has 11 heteroatoms. The molecule has 0 bridgehead atoms. The van der Waals surface area contributed by atoms with E-state index in [1.165, 1.54) is 0 Å². The first-order valence-electron chi connectivity index (χ1n) is 13.0. The molecule has 1 unspecified atom stereocenters. The average molecular weight is 508 g/mol. The van der Waals surface area contributed by atoms with Crippen molar-refractivity contribution in [1.82, 2.24) is 5.32 Å². The number of aliphatic hydroxyl groups excluding tert-OH is 7. The minimum Gasteiger partial charge on any atom is -0.396 e. The van der Waals surface area contributed by atoms with Gasteiger partial charge in [-0.15, -0.1) is 0 Å². The van der Waals surface area contributed by atoms with E-state index in [0.717, 1.165) is 44.9 Å². The molecule has 0 saturated carbocycles. The summed E-state index contributed by atoms with van der Waals surface area (Å²) in [4.78, 5) is 11.6. The van der Waals surface area contributed by atoms with Crippen molar-refractivity contribution in [3.63, 3.8) is 0 Å². The second kappa shape index (κ2) is 16.2. The number of ketones is 1. The minimum atomic E-state index is -1.57. The molecule has 206 valence electrons. The van der Waals surface area contributed by atoms with Crippen molar-refractivity contribution >= 4 is 5.78 Å². The van der Waals surface area contributed by atoms with E-state index < -0.39 is 55.6 Å². The molecule has 2 saturated heterocycles. The van der Waals surface area contributed by atoms with Gasteiger partial charge in [-0.1, -0.05) is 38.5 Å². The molecule has 9 atom stereocenters. The zero-order valence-electron chi connectivity index (χ0n) is 20.5. The number of carbonyl (C=O) groups excluding carboxylic acids is 1. The van der Waals surface area contributed by atoms with Gasteiger partial charge in [0.25, 0.3) is 0 Å². The highest BCUT2D eigenvalue weighted by atomic mass is 16.7. The van der Waals surface area contributed by atoms with Gasteiger partial charge in [0.15, 0.2) is 6.29 Å². The maximum Gasteiger partial charge on any atom is 0.187 e.